The van der Waals surface area contributed by atoms with Gasteiger partial charge in [-0.3, -0.25) is 0 Å². The first kappa shape index (κ1) is 14.1. The van der Waals surface area contributed by atoms with Gasteiger partial charge in [0.25, 0.3) is 0 Å². The normalized spacial score (nSPS) is 11.1. The minimum Gasteiger partial charge on any atom is -0.458 e. The molecule has 3 nitrogen and oxygen atoms in total. The van der Waals surface area contributed by atoms with Gasteiger partial charge in [-0.2, -0.15) is 0 Å². The average molecular weight is 302 g/mol. The van der Waals surface area contributed by atoms with Gasteiger partial charge in [0.1, 0.15) is 18.0 Å². The van der Waals surface area contributed by atoms with Crippen molar-refractivity contribution in [1.82, 2.24) is 0 Å². The standard InChI is InChI=1S/C17H16ClNO2/c18-13-5-3-4-12(8-13)10-20-11-17-15(9-19)14-6-1-2-7-16(14)21-17/h1-8H,9-11,19H2. The zero-order chi connectivity index (χ0) is 14.7. The Kier molecular flexibility index (Phi) is 4.25. The summed E-state index contributed by atoms with van der Waals surface area (Å²) in [6, 6.07) is 15.5. The zero-order valence-electron chi connectivity index (χ0n) is 11.5. The fourth-order valence-electron chi connectivity index (χ4n) is 2.38. The predicted octanol–water partition coefficient (Wildman–Crippen LogP) is 4.26. The van der Waals surface area contributed by atoms with Gasteiger partial charge in [-0.05, 0) is 23.8 Å². The van der Waals surface area contributed by atoms with Crippen molar-refractivity contribution >= 4 is 22.6 Å². The third kappa shape index (κ3) is 3.10. The van der Waals surface area contributed by atoms with E-state index in [2.05, 4.69) is 0 Å². The number of furan rings is 1. The van der Waals surface area contributed by atoms with Crippen LogP contribution in [0.4, 0.5) is 0 Å². The number of para-hydroxylation sites is 1. The molecule has 21 heavy (non-hydrogen) atoms. The lowest BCUT2D eigenvalue weighted by atomic mass is 10.1. The number of rotatable bonds is 5. The van der Waals surface area contributed by atoms with Crippen LogP contribution < -0.4 is 5.73 Å². The van der Waals surface area contributed by atoms with Crippen LogP contribution >= 0.6 is 11.6 Å². The van der Waals surface area contributed by atoms with E-state index < -0.39 is 0 Å². The Labute approximate surface area is 128 Å². The highest BCUT2D eigenvalue weighted by molar-refractivity contribution is 6.30. The van der Waals surface area contributed by atoms with Crippen molar-refractivity contribution in [3.8, 4) is 0 Å². The number of fused-ring (bicyclic) bond motifs is 1. The Balaban J connectivity index is 1.73. The third-order valence-corrected chi connectivity index (χ3v) is 3.61. The van der Waals surface area contributed by atoms with E-state index in [1.165, 1.54) is 0 Å². The van der Waals surface area contributed by atoms with E-state index in [-0.39, 0.29) is 0 Å². The molecule has 0 saturated heterocycles. The van der Waals surface area contributed by atoms with E-state index in [0.29, 0.717) is 24.8 Å². The number of halogens is 1. The van der Waals surface area contributed by atoms with Crippen LogP contribution in [-0.4, -0.2) is 0 Å². The van der Waals surface area contributed by atoms with Crippen LogP contribution in [0.3, 0.4) is 0 Å². The summed E-state index contributed by atoms with van der Waals surface area (Å²) in [6.45, 7) is 1.32. The second-order valence-electron chi connectivity index (χ2n) is 4.83. The highest BCUT2D eigenvalue weighted by atomic mass is 35.5. The lowest BCUT2D eigenvalue weighted by Crippen LogP contribution is -2.01. The molecule has 0 aliphatic carbocycles. The summed E-state index contributed by atoms with van der Waals surface area (Å²) in [5.41, 5.74) is 8.72. The fraction of sp³-hybridized carbons (Fsp3) is 0.176. The maximum atomic E-state index is 5.95. The van der Waals surface area contributed by atoms with Gasteiger partial charge in [-0.15, -0.1) is 0 Å². The second kappa shape index (κ2) is 6.31. The van der Waals surface area contributed by atoms with E-state index in [1.807, 2.05) is 48.5 Å². The minimum atomic E-state index is 0.397. The molecule has 0 radical (unpaired) electrons. The quantitative estimate of drug-likeness (QED) is 0.766. The van der Waals surface area contributed by atoms with Gasteiger partial charge in [0.2, 0.25) is 0 Å². The smallest absolute Gasteiger partial charge is 0.135 e. The zero-order valence-corrected chi connectivity index (χ0v) is 12.3. The molecule has 0 amide bonds. The topological polar surface area (TPSA) is 48.4 Å². The number of nitrogens with two attached hydrogens (primary N) is 1. The van der Waals surface area contributed by atoms with Crippen LogP contribution in [0.2, 0.25) is 5.02 Å². The molecule has 1 heterocycles. The van der Waals surface area contributed by atoms with Gasteiger partial charge >= 0.3 is 0 Å². The van der Waals surface area contributed by atoms with E-state index in [9.17, 15) is 0 Å². The van der Waals surface area contributed by atoms with Gasteiger partial charge in [-0.1, -0.05) is 41.9 Å². The van der Waals surface area contributed by atoms with E-state index in [1.54, 1.807) is 0 Å². The third-order valence-electron chi connectivity index (χ3n) is 3.38. The Bertz CT molecular complexity index is 751. The number of ether oxygens (including phenoxy) is 1. The largest absolute Gasteiger partial charge is 0.458 e. The molecule has 0 fully saturated rings. The lowest BCUT2D eigenvalue weighted by Gasteiger charge is -2.04. The maximum absolute atomic E-state index is 5.95. The van der Waals surface area contributed by atoms with E-state index in [4.69, 9.17) is 26.5 Å². The molecule has 4 heteroatoms. The molecule has 3 aromatic rings. The Morgan fingerprint density at radius 3 is 2.71 bits per heavy atom. The Morgan fingerprint density at radius 2 is 1.90 bits per heavy atom. The van der Waals surface area contributed by atoms with Crippen molar-refractivity contribution in [2.75, 3.05) is 0 Å². The van der Waals surface area contributed by atoms with Crippen molar-refractivity contribution < 1.29 is 9.15 Å². The van der Waals surface area contributed by atoms with Crippen LogP contribution in [-0.2, 0) is 24.5 Å². The molecule has 108 valence electrons. The van der Waals surface area contributed by atoms with Crippen molar-refractivity contribution in [2.24, 2.45) is 5.73 Å². The summed E-state index contributed by atoms with van der Waals surface area (Å²) in [5, 5.41) is 1.77. The van der Waals surface area contributed by atoms with Crippen LogP contribution in [0.1, 0.15) is 16.9 Å². The Morgan fingerprint density at radius 1 is 1.05 bits per heavy atom. The molecule has 0 aliphatic rings. The van der Waals surface area contributed by atoms with Crippen LogP contribution in [0.15, 0.2) is 52.9 Å². The summed E-state index contributed by atoms with van der Waals surface area (Å²) in [5.74, 6) is 0.792. The summed E-state index contributed by atoms with van der Waals surface area (Å²) in [7, 11) is 0. The number of hydrogen-bond donors (Lipinski definition) is 1. The summed E-state index contributed by atoms with van der Waals surface area (Å²) >= 11 is 5.95. The van der Waals surface area contributed by atoms with Crippen molar-refractivity contribution in [2.45, 2.75) is 19.8 Å². The van der Waals surface area contributed by atoms with E-state index >= 15 is 0 Å². The van der Waals surface area contributed by atoms with Gasteiger partial charge in [0.05, 0.1) is 6.61 Å². The van der Waals surface area contributed by atoms with Crippen LogP contribution in [0.5, 0.6) is 0 Å². The fourth-order valence-corrected chi connectivity index (χ4v) is 2.59. The molecule has 0 atom stereocenters. The molecule has 3 rings (SSSR count). The summed E-state index contributed by atoms with van der Waals surface area (Å²) in [4.78, 5) is 0. The maximum Gasteiger partial charge on any atom is 0.135 e. The first-order valence-corrected chi connectivity index (χ1v) is 7.17. The molecular formula is C17H16ClNO2. The second-order valence-corrected chi connectivity index (χ2v) is 5.26. The first-order chi connectivity index (χ1) is 10.3. The molecule has 0 aliphatic heterocycles. The van der Waals surface area contributed by atoms with Crippen molar-refractivity contribution in [1.29, 1.82) is 0 Å². The molecule has 0 spiro atoms. The van der Waals surface area contributed by atoms with Crippen molar-refractivity contribution in [3.05, 3.63) is 70.4 Å². The van der Waals surface area contributed by atoms with Gasteiger partial charge in [-0.25, -0.2) is 0 Å². The summed E-state index contributed by atoms with van der Waals surface area (Å²) < 4.78 is 11.5. The van der Waals surface area contributed by atoms with Gasteiger partial charge in [0, 0.05) is 22.5 Å². The van der Waals surface area contributed by atoms with E-state index in [0.717, 1.165) is 27.9 Å². The lowest BCUT2D eigenvalue weighted by molar-refractivity contribution is 0.0933. The SMILES string of the molecule is NCc1c(COCc2cccc(Cl)c2)oc2ccccc12. The predicted molar refractivity (Wildman–Crippen MR) is 84.1 cm³/mol. The van der Waals surface area contributed by atoms with Gasteiger partial charge < -0.3 is 14.9 Å². The monoisotopic (exact) mass is 301 g/mol. The Hall–Kier alpha value is -1.81. The molecule has 2 N–H and O–H groups in total. The van der Waals surface area contributed by atoms with Crippen LogP contribution in [0.25, 0.3) is 11.0 Å². The summed E-state index contributed by atoms with van der Waals surface area (Å²) in [6.07, 6.45) is 0. The molecule has 0 unspecified atom stereocenters. The molecular weight excluding hydrogens is 286 g/mol. The highest BCUT2D eigenvalue weighted by Gasteiger charge is 2.12. The molecule has 2 aromatic carbocycles. The minimum absolute atomic E-state index is 0.397. The first-order valence-electron chi connectivity index (χ1n) is 6.79. The highest BCUT2D eigenvalue weighted by Crippen LogP contribution is 2.26. The molecule has 0 bridgehead atoms. The van der Waals surface area contributed by atoms with Crippen LogP contribution in [0, 0.1) is 0 Å². The van der Waals surface area contributed by atoms with Gasteiger partial charge in [0.15, 0.2) is 0 Å². The van der Waals surface area contributed by atoms with Crippen molar-refractivity contribution in [3.63, 3.8) is 0 Å². The number of benzene rings is 2. The molecule has 0 saturated carbocycles. The number of hydrogen-bond acceptors (Lipinski definition) is 3. The average Bonchev–Trinajstić information content (AvgIpc) is 2.84. The molecule has 1 aromatic heterocycles.